The SMILES string of the molecule is BrC1=CC2C(c3ccc(Br)cc3C2(c2ccccc2)c2ccccc2)c2ncccc21. The quantitative estimate of drug-likeness (QED) is 0.260. The molecule has 2 unspecified atom stereocenters. The van der Waals surface area contributed by atoms with Crippen molar-refractivity contribution >= 4 is 36.3 Å². The van der Waals surface area contributed by atoms with Gasteiger partial charge in [0.2, 0.25) is 0 Å². The van der Waals surface area contributed by atoms with E-state index in [1.165, 1.54) is 27.8 Å². The van der Waals surface area contributed by atoms with Crippen LogP contribution in [0, 0.1) is 5.92 Å². The minimum atomic E-state index is -0.305. The van der Waals surface area contributed by atoms with E-state index in [2.05, 4.69) is 123 Å². The van der Waals surface area contributed by atoms with Crippen LogP contribution in [-0.4, -0.2) is 4.98 Å². The molecule has 1 nitrogen and oxygen atoms in total. The Bertz CT molecular complexity index is 1270. The molecule has 1 heterocycles. The molecule has 31 heavy (non-hydrogen) atoms. The van der Waals surface area contributed by atoms with E-state index in [-0.39, 0.29) is 17.3 Å². The molecule has 2 atom stereocenters. The number of fused-ring (bicyclic) bond motifs is 5. The molecule has 0 bridgehead atoms. The van der Waals surface area contributed by atoms with Crippen molar-refractivity contribution in [2.24, 2.45) is 5.92 Å². The molecule has 2 aliphatic carbocycles. The van der Waals surface area contributed by atoms with Gasteiger partial charge in [-0.3, -0.25) is 4.98 Å². The van der Waals surface area contributed by atoms with Gasteiger partial charge in [-0.2, -0.15) is 0 Å². The zero-order chi connectivity index (χ0) is 21.0. The van der Waals surface area contributed by atoms with Crippen LogP contribution in [0.1, 0.15) is 39.4 Å². The van der Waals surface area contributed by atoms with Crippen molar-refractivity contribution in [2.75, 3.05) is 0 Å². The van der Waals surface area contributed by atoms with E-state index in [1.807, 2.05) is 12.3 Å². The number of aromatic nitrogens is 1. The lowest BCUT2D eigenvalue weighted by Gasteiger charge is -2.40. The molecule has 4 aromatic rings. The summed E-state index contributed by atoms with van der Waals surface area (Å²) >= 11 is 7.66. The summed E-state index contributed by atoms with van der Waals surface area (Å²) in [6.07, 6.45) is 4.34. The van der Waals surface area contributed by atoms with Gasteiger partial charge in [-0.25, -0.2) is 0 Å². The third-order valence-electron chi connectivity index (χ3n) is 6.81. The zero-order valence-electron chi connectivity index (χ0n) is 16.7. The van der Waals surface area contributed by atoms with Crippen LogP contribution < -0.4 is 0 Å². The number of pyridine rings is 1. The van der Waals surface area contributed by atoms with Crippen molar-refractivity contribution in [3.63, 3.8) is 0 Å². The maximum Gasteiger partial charge on any atom is 0.0568 e. The van der Waals surface area contributed by atoms with Gasteiger partial charge >= 0.3 is 0 Å². The van der Waals surface area contributed by atoms with Crippen LogP contribution in [0.5, 0.6) is 0 Å². The van der Waals surface area contributed by atoms with Gasteiger partial charge in [-0.1, -0.05) is 111 Å². The van der Waals surface area contributed by atoms with E-state index >= 15 is 0 Å². The Labute approximate surface area is 199 Å². The topological polar surface area (TPSA) is 12.9 Å². The fourth-order valence-corrected chi connectivity index (χ4v) is 6.66. The summed E-state index contributed by atoms with van der Waals surface area (Å²) in [6.45, 7) is 0. The van der Waals surface area contributed by atoms with Crippen molar-refractivity contribution in [1.29, 1.82) is 0 Å². The van der Waals surface area contributed by atoms with Gasteiger partial charge in [0.25, 0.3) is 0 Å². The summed E-state index contributed by atoms with van der Waals surface area (Å²) in [4.78, 5) is 4.90. The maximum atomic E-state index is 4.90. The fraction of sp³-hybridized carbons (Fsp3) is 0.107. The molecule has 2 aliphatic rings. The number of allylic oxidation sites excluding steroid dienone is 1. The molecular weight excluding hydrogens is 510 g/mol. The van der Waals surface area contributed by atoms with Gasteiger partial charge in [-0.05, 0) is 40.5 Å². The molecule has 0 spiro atoms. The van der Waals surface area contributed by atoms with Crippen LogP contribution in [-0.2, 0) is 5.41 Å². The third-order valence-corrected chi connectivity index (χ3v) is 7.99. The van der Waals surface area contributed by atoms with Gasteiger partial charge in [0, 0.05) is 32.6 Å². The van der Waals surface area contributed by atoms with Crippen molar-refractivity contribution in [3.05, 3.63) is 141 Å². The number of halogens is 2. The largest absolute Gasteiger partial charge is 0.260 e. The second-order valence-corrected chi connectivity index (χ2v) is 10.00. The van der Waals surface area contributed by atoms with E-state index in [9.17, 15) is 0 Å². The second kappa shape index (κ2) is 7.29. The highest BCUT2D eigenvalue weighted by Gasteiger charge is 2.55. The van der Waals surface area contributed by atoms with E-state index < -0.39 is 0 Å². The molecule has 0 radical (unpaired) electrons. The smallest absolute Gasteiger partial charge is 0.0568 e. The number of hydrogen-bond donors (Lipinski definition) is 0. The number of rotatable bonds is 2. The summed E-state index contributed by atoms with van der Waals surface area (Å²) in [5.74, 6) is 0.402. The Kier molecular flexibility index (Phi) is 4.52. The molecule has 1 aromatic heterocycles. The molecule has 0 aliphatic heterocycles. The Balaban J connectivity index is 1.77. The van der Waals surface area contributed by atoms with E-state index in [4.69, 9.17) is 4.98 Å². The summed E-state index contributed by atoms with van der Waals surface area (Å²) in [6, 6.07) is 32.9. The van der Waals surface area contributed by atoms with Crippen molar-refractivity contribution < 1.29 is 0 Å². The molecule has 0 saturated heterocycles. The maximum absolute atomic E-state index is 4.90. The fourth-order valence-electron chi connectivity index (χ4n) is 5.68. The Morgan fingerprint density at radius 1 is 0.742 bits per heavy atom. The summed E-state index contributed by atoms with van der Waals surface area (Å²) in [5.41, 5.74) is 7.36. The van der Waals surface area contributed by atoms with E-state index in [0.29, 0.717) is 0 Å². The number of benzene rings is 3. The highest BCUT2D eigenvalue weighted by Crippen LogP contribution is 2.62. The highest BCUT2D eigenvalue weighted by atomic mass is 79.9. The van der Waals surface area contributed by atoms with E-state index in [0.717, 1.165) is 14.6 Å². The summed E-state index contributed by atoms with van der Waals surface area (Å²) in [5, 5.41) is 0. The van der Waals surface area contributed by atoms with Crippen molar-refractivity contribution in [3.8, 4) is 0 Å². The first-order chi connectivity index (χ1) is 15.2. The standard InChI is InChI=1S/C28H19Br2N/c29-20-13-14-21-23(16-20)28(18-8-3-1-4-9-18,19-10-5-2-6-11-19)24-17-25(30)22-12-7-15-31-27(22)26(21)24/h1-17,24,26H. The van der Waals surface area contributed by atoms with Gasteiger partial charge in [0.1, 0.15) is 0 Å². The van der Waals surface area contributed by atoms with Gasteiger partial charge in [0.15, 0.2) is 0 Å². The monoisotopic (exact) mass is 527 g/mol. The van der Waals surface area contributed by atoms with Gasteiger partial charge in [-0.15, -0.1) is 0 Å². The average Bonchev–Trinajstić information content (AvgIpc) is 3.10. The van der Waals surface area contributed by atoms with Gasteiger partial charge in [0.05, 0.1) is 11.1 Å². The molecular formula is C28H19Br2N. The first-order valence-corrected chi connectivity index (χ1v) is 12.0. The zero-order valence-corrected chi connectivity index (χ0v) is 19.8. The molecule has 0 amide bonds. The minimum Gasteiger partial charge on any atom is -0.260 e. The predicted molar refractivity (Wildman–Crippen MR) is 133 cm³/mol. The molecule has 6 rings (SSSR count). The molecule has 150 valence electrons. The van der Waals surface area contributed by atoms with Crippen LogP contribution in [0.3, 0.4) is 0 Å². The average molecular weight is 529 g/mol. The molecule has 3 heteroatoms. The van der Waals surface area contributed by atoms with Crippen LogP contribution >= 0.6 is 31.9 Å². The predicted octanol–water partition coefficient (Wildman–Crippen LogP) is 7.69. The van der Waals surface area contributed by atoms with Crippen LogP contribution in [0.15, 0.2) is 108 Å². The molecule has 0 fully saturated rings. The number of nitrogens with zero attached hydrogens (tertiary/aromatic N) is 1. The van der Waals surface area contributed by atoms with Crippen LogP contribution in [0.4, 0.5) is 0 Å². The van der Waals surface area contributed by atoms with Crippen LogP contribution in [0.25, 0.3) is 4.48 Å². The lowest BCUT2D eigenvalue weighted by molar-refractivity contribution is 0.446. The molecule has 3 aromatic carbocycles. The second-order valence-electron chi connectivity index (χ2n) is 8.23. The van der Waals surface area contributed by atoms with Crippen molar-refractivity contribution in [1.82, 2.24) is 4.98 Å². The third kappa shape index (κ3) is 2.69. The number of hydrogen-bond acceptors (Lipinski definition) is 1. The highest BCUT2D eigenvalue weighted by molar-refractivity contribution is 9.15. The molecule has 0 N–H and O–H groups in total. The van der Waals surface area contributed by atoms with Crippen LogP contribution in [0.2, 0.25) is 0 Å². The Hall–Kier alpha value is -2.49. The van der Waals surface area contributed by atoms with Crippen molar-refractivity contribution in [2.45, 2.75) is 11.3 Å². The normalized spacial score (nSPS) is 20.4. The minimum absolute atomic E-state index is 0.195. The summed E-state index contributed by atoms with van der Waals surface area (Å²) < 4.78 is 2.23. The first kappa shape index (κ1) is 19.2. The summed E-state index contributed by atoms with van der Waals surface area (Å²) in [7, 11) is 0. The lowest BCUT2D eigenvalue weighted by Crippen LogP contribution is -2.36. The Morgan fingerprint density at radius 2 is 1.42 bits per heavy atom. The first-order valence-electron chi connectivity index (χ1n) is 10.4. The van der Waals surface area contributed by atoms with Gasteiger partial charge < -0.3 is 0 Å². The van der Waals surface area contributed by atoms with E-state index in [1.54, 1.807) is 0 Å². The Morgan fingerprint density at radius 3 is 2.10 bits per heavy atom. The lowest BCUT2D eigenvalue weighted by atomic mass is 9.62. The molecule has 0 saturated carbocycles.